The Morgan fingerprint density at radius 3 is 2.29 bits per heavy atom. The lowest BCUT2D eigenvalue weighted by atomic mass is 10.2. The molecule has 6 heteroatoms. The van der Waals surface area contributed by atoms with E-state index in [-0.39, 0.29) is 24.9 Å². The summed E-state index contributed by atoms with van der Waals surface area (Å²) in [5, 5.41) is 2.47. The van der Waals surface area contributed by atoms with Gasteiger partial charge in [0.1, 0.15) is 5.60 Å². The topological polar surface area (TPSA) is 75.7 Å². The first-order valence-electron chi connectivity index (χ1n) is 5.30. The Morgan fingerprint density at radius 1 is 1.29 bits per heavy atom. The van der Waals surface area contributed by atoms with Gasteiger partial charge in [0.05, 0.1) is 0 Å². The van der Waals surface area contributed by atoms with Crippen LogP contribution in [0.1, 0.15) is 20.8 Å². The highest BCUT2D eigenvalue weighted by Crippen LogP contribution is 2.06. The van der Waals surface area contributed by atoms with Gasteiger partial charge in [-0.05, 0) is 20.8 Å². The van der Waals surface area contributed by atoms with Crippen LogP contribution in [0.5, 0.6) is 0 Å². The van der Waals surface area contributed by atoms with Crippen LogP contribution in [-0.2, 0) is 14.3 Å². The molecule has 0 radical (unpaired) electrons. The van der Waals surface area contributed by atoms with Gasteiger partial charge in [-0.2, -0.15) is 0 Å². The summed E-state index contributed by atoms with van der Waals surface area (Å²) in [4.78, 5) is 34.6. The van der Waals surface area contributed by atoms with Gasteiger partial charge in [-0.3, -0.25) is 14.5 Å². The van der Waals surface area contributed by atoms with Crippen LogP contribution in [0.4, 0.5) is 4.79 Å². The molecule has 1 aliphatic heterocycles. The Labute approximate surface area is 99.6 Å². The standard InChI is InChI=1S/C11H16N2O4/c1-11(2,3)17-10(16)12-6-7-13-8(14)4-5-9(13)15/h4-5H,6-7H2,1-3H3,(H,12,16). The van der Waals surface area contributed by atoms with E-state index in [0.717, 1.165) is 4.90 Å². The van der Waals surface area contributed by atoms with Gasteiger partial charge in [0.15, 0.2) is 0 Å². The molecule has 94 valence electrons. The third kappa shape index (κ3) is 4.26. The molecule has 0 saturated carbocycles. The molecule has 0 aromatic heterocycles. The van der Waals surface area contributed by atoms with Gasteiger partial charge in [0, 0.05) is 25.2 Å². The van der Waals surface area contributed by atoms with Crippen LogP contribution < -0.4 is 5.32 Å². The van der Waals surface area contributed by atoms with Crippen LogP contribution >= 0.6 is 0 Å². The second kappa shape index (κ2) is 4.99. The van der Waals surface area contributed by atoms with Crippen LogP contribution in [-0.4, -0.2) is 41.5 Å². The number of hydrogen-bond acceptors (Lipinski definition) is 4. The summed E-state index contributed by atoms with van der Waals surface area (Å²) in [6.07, 6.45) is 1.84. The Kier molecular flexibility index (Phi) is 3.88. The first-order valence-corrected chi connectivity index (χ1v) is 5.30. The lowest BCUT2D eigenvalue weighted by Gasteiger charge is -2.20. The SMILES string of the molecule is CC(C)(C)OC(=O)NCCN1C(=O)C=CC1=O. The lowest BCUT2D eigenvalue weighted by Crippen LogP contribution is -2.40. The van der Waals surface area contributed by atoms with Crippen molar-refractivity contribution in [1.82, 2.24) is 10.2 Å². The average Bonchev–Trinajstić information content (AvgIpc) is 2.46. The molecule has 0 unspecified atom stereocenters. The number of amides is 3. The van der Waals surface area contributed by atoms with Crippen molar-refractivity contribution in [2.45, 2.75) is 26.4 Å². The molecule has 0 aliphatic carbocycles. The first kappa shape index (κ1) is 13.2. The maximum Gasteiger partial charge on any atom is 0.407 e. The predicted octanol–water partition coefficient (Wildman–Crippen LogP) is 0.436. The summed E-state index contributed by atoms with van der Waals surface area (Å²) in [6, 6.07) is 0. The molecule has 6 nitrogen and oxygen atoms in total. The lowest BCUT2D eigenvalue weighted by molar-refractivity contribution is -0.136. The Hall–Kier alpha value is -1.85. The zero-order chi connectivity index (χ0) is 13.1. The second-order valence-corrected chi connectivity index (χ2v) is 4.59. The van der Waals surface area contributed by atoms with E-state index in [4.69, 9.17) is 4.74 Å². The van der Waals surface area contributed by atoms with E-state index in [1.54, 1.807) is 20.8 Å². The monoisotopic (exact) mass is 240 g/mol. The summed E-state index contributed by atoms with van der Waals surface area (Å²) >= 11 is 0. The van der Waals surface area contributed by atoms with Gasteiger partial charge < -0.3 is 10.1 Å². The van der Waals surface area contributed by atoms with Crippen molar-refractivity contribution in [3.63, 3.8) is 0 Å². The van der Waals surface area contributed by atoms with E-state index in [1.165, 1.54) is 12.2 Å². The highest BCUT2D eigenvalue weighted by atomic mass is 16.6. The Bertz CT molecular complexity index is 350. The van der Waals surface area contributed by atoms with Crippen molar-refractivity contribution in [2.75, 3.05) is 13.1 Å². The molecule has 1 heterocycles. The van der Waals surface area contributed by atoms with E-state index in [2.05, 4.69) is 5.32 Å². The fourth-order valence-electron chi connectivity index (χ4n) is 1.24. The van der Waals surface area contributed by atoms with Gasteiger partial charge in [-0.1, -0.05) is 0 Å². The number of ether oxygens (including phenoxy) is 1. The third-order valence-electron chi connectivity index (χ3n) is 1.90. The van der Waals surface area contributed by atoms with E-state index < -0.39 is 11.7 Å². The van der Waals surface area contributed by atoms with E-state index in [0.29, 0.717) is 0 Å². The molecule has 1 aliphatic rings. The van der Waals surface area contributed by atoms with Crippen molar-refractivity contribution < 1.29 is 19.1 Å². The summed E-state index contributed by atoms with van der Waals surface area (Å²) in [6.45, 7) is 5.58. The molecule has 0 aromatic rings. The van der Waals surface area contributed by atoms with Crippen molar-refractivity contribution in [3.05, 3.63) is 12.2 Å². The largest absolute Gasteiger partial charge is 0.444 e. The third-order valence-corrected chi connectivity index (χ3v) is 1.90. The predicted molar refractivity (Wildman–Crippen MR) is 60.1 cm³/mol. The Morgan fingerprint density at radius 2 is 1.82 bits per heavy atom. The maximum absolute atomic E-state index is 11.3. The van der Waals surface area contributed by atoms with Gasteiger partial charge in [-0.15, -0.1) is 0 Å². The van der Waals surface area contributed by atoms with Crippen LogP contribution in [0.15, 0.2) is 12.2 Å². The van der Waals surface area contributed by atoms with Crippen molar-refractivity contribution in [3.8, 4) is 0 Å². The second-order valence-electron chi connectivity index (χ2n) is 4.59. The molecule has 0 aromatic carbocycles. The quantitative estimate of drug-likeness (QED) is 0.726. The molecular weight excluding hydrogens is 224 g/mol. The van der Waals surface area contributed by atoms with Crippen LogP contribution in [0.3, 0.4) is 0 Å². The van der Waals surface area contributed by atoms with Crippen molar-refractivity contribution in [1.29, 1.82) is 0 Å². The number of nitrogens with one attached hydrogen (secondary N) is 1. The van der Waals surface area contributed by atoms with Crippen LogP contribution in [0.2, 0.25) is 0 Å². The summed E-state index contributed by atoms with van der Waals surface area (Å²) in [5.74, 6) is -0.720. The molecule has 0 bridgehead atoms. The smallest absolute Gasteiger partial charge is 0.407 e. The fourth-order valence-corrected chi connectivity index (χ4v) is 1.24. The first-order chi connectivity index (χ1) is 7.79. The number of alkyl carbamates (subject to hydrolysis) is 1. The number of hydrogen-bond donors (Lipinski definition) is 1. The number of nitrogens with zero attached hydrogens (tertiary/aromatic N) is 1. The van der Waals surface area contributed by atoms with E-state index >= 15 is 0 Å². The maximum atomic E-state index is 11.3. The molecule has 1 rings (SSSR count). The molecule has 0 saturated heterocycles. The molecule has 3 amide bonds. The van der Waals surface area contributed by atoms with Crippen molar-refractivity contribution >= 4 is 17.9 Å². The summed E-state index contributed by atoms with van der Waals surface area (Å²) in [5.41, 5.74) is -0.565. The fraction of sp³-hybridized carbons (Fsp3) is 0.545. The normalized spacial score (nSPS) is 15.4. The molecule has 0 spiro atoms. The molecule has 0 fully saturated rings. The molecular formula is C11H16N2O4. The number of imide groups is 1. The van der Waals surface area contributed by atoms with Gasteiger partial charge in [-0.25, -0.2) is 4.79 Å². The van der Waals surface area contributed by atoms with E-state index in [9.17, 15) is 14.4 Å². The van der Waals surface area contributed by atoms with Crippen LogP contribution in [0, 0.1) is 0 Å². The molecule has 1 N–H and O–H groups in total. The Balaban J connectivity index is 2.27. The van der Waals surface area contributed by atoms with Crippen molar-refractivity contribution in [2.24, 2.45) is 0 Å². The summed E-state index contributed by atoms with van der Waals surface area (Å²) < 4.78 is 5.00. The minimum absolute atomic E-state index is 0.143. The number of carbonyl (C=O) groups is 3. The van der Waals surface area contributed by atoms with E-state index in [1.807, 2.05) is 0 Å². The average molecular weight is 240 g/mol. The van der Waals surface area contributed by atoms with Crippen LogP contribution in [0.25, 0.3) is 0 Å². The zero-order valence-electron chi connectivity index (χ0n) is 10.1. The number of carbonyl (C=O) groups excluding carboxylic acids is 3. The minimum atomic E-state index is -0.565. The molecule has 17 heavy (non-hydrogen) atoms. The van der Waals surface area contributed by atoms with Gasteiger partial charge in [0.2, 0.25) is 0 Å². The van der Waals surface area contributed by atoms with Gasteiger partial charge in [0.25, 0.3) is 11.8 Å². The number of rotatable bonds is 3. The van der Waals surface area contributed by atoms with Gasteiger partial charge >= 0.3 is 6.09 Å². The summed E-state index contributed by atoms with van der Waals surface area (Å²) in [7, 11) is 0. The highest BCUT2D eigenvalue weighted by Gasteiger charge is 2.23. The minimum Gasteiger partial charge on any atom is -0.444 e. The molecule has 0 atom stereocenters. The highest BCUT2D eigenvalue weighted by molar-refractivity contribution is 6.12. The zero-order valence-corrected chi connectivity index (χ0v) is 10.1.